The smallest absolute Gasteiger partial charge is 0.289 e. The number of sulfonamides is 2. The Balaban J connectivity index is 1.82. The van der Waals surface area contributed by atoms with Crippen LogP contribution in [0.1, 0.15) is 0 Å². The molecule has 1 aliphatic heterocycles. The van der Waals surface area contributed by atoms with Crippen molar-refractivity contribution >= 4 is 47.5 Å². The molecular formula is C15H16BrN5O6S2. The lowest BCUT2D eigenvalue weighted by Crippen LogP contribution is -2.61. The molecule has 156 valence electrons. The topological polar surface area (TPSA) is 157 Å². The third kappa shape index (κ3) is 3.85. The number of rotatable bonds is 6. The Morgan fingerprint density at radius 1 is 1.24 bits per heavy atom. The monoisotopic (exact) mass is 505 g/mol. The van der Waals surface area contributed by atoms with Gasteiger partial charge in [-0.15, -0.1) is 0 Å². The molecular weight excluding hydrogens is 490 g/mol. The molecule has 0 spiro atoms. The van der Waals surface area contributed by atoms with Gasteiger partial charge in [-0.3, -0.25) is 10.1 Å². The van der Waals surface area contributed by atoms with E-state index >= 15 is 0 Å². The van der Waals surface area contributed by atoms with Crippen LogP contribution in [0.5, 0.6) is 0 Å². The van der Waals surface area contributed by atoms with Gasteiger partial charge in [0.05, 0.1) is 11.0 Å². The number of aromatic nitrogens is 1. The van der Waals surface area contributed by atoms with Gasteiger partial charge >= 0.3 is 0 Å². The predicted octanol–water partition coefficient (Wildman–Crippen LogP) is 1.03. The van der Waals surface area contributed by atoms with Crippen molar-refractivity contribution in [3.63, 3.8) is 0 Å². The van der Waals surface area contributed by atoms with Crippen molar-refractivity contribution in [2.45, 2.75) is 15.8 Å². The zero-order valence-electron chi connectivity index (χ0n) is 15.0. The zero-order valence-corrected chi connectivity index (χ0v) is 18.2. The number of likely N-dealkylation sites (N-methyl/N-ethyl adjacent to an activating group) is 1. The summed E-state index contributed by atoms with van der Waals surface area (Å²) in [4.78, 5) is 13.5. The first kappa shape index (κ1) is 21.6. The summed E-state index contributed by atoms with van der Waals surface area (Å²) in [6.45, 7) is -0.241. The fourth-order valence-electron chi connectivity index (χ4n) is 2.80. The van der Waals surface area contributed by atoms with E-state index in [-0.39, 0.29) is 23.8 Å². The Morgan fingerprint density at radius 3 is 2.48 bits per heavy atom. The quantitative estimate of drug-likeness (QED) is 0.450. The van der Waals surface area contributed by atoms with E-state index in [0.717, 1.165) is 20.7 Å². The number of pyridine rings is 1. The van der Waals surface area contributed by atoms with Crippen molar-refractivity contribution < 1.29 is 21.8 Å². The number of nitrogen functional groups attached to an aromatic ring is 1. The minimum absolute atomic E-state index is 0.120. The molecule has 0 atom stereocenters. The van der Waals surface area contributed by atoms with Crippen LogP contribution in [0.25, 0.3) is 0 Å². The molecule has 1 fully saturated rings. The minimum atomic E-state index is -4.20. The number of nitro benzene ring substituents is 1. The molecule has 0 bridgehead atoms. The fraction of sp³-hybridized carbons (Fsp3) is 0.267. The normalized spacial score (nSPS) is 16.0. The Hall–Kier alpha value is -2.13. The standard InChI is InChI=1S/C15H16BrN5O6S2/c1-19(28(24,25)13-5-3-2-4-12(13)21(22)23)11-8-20(9-11)29(26,27)14-6-10(16)7-18-15(14)17/h2-7,11H,8-9H2,1H3,(H2,17,18). The average molecular weight is 506 g/mol. The summed E-state index contributed by atoms with van der Waals surface area (Å²) in [6.07, 6.45) is 1.36. The number of hydrogen-bond donors (Lipinski definition) is 1. The molecule has 0 aliphatic carbocycles. The van der Waals surface area contributed by atoms with Crippen molar-refractivity contribution in [3.8, 4) is 0 Å². The fourth-order valence-corrected chi connectivity index (χ4v) is 6.38. The molecule has 3 rings (SSSR count). The van der Waals surface area contributed by atoms with Crippen LogP contribution in [0, 0.1) is 10.1 Å². The van der Waals surface area contributed by atoms with Crippen LogP contribution in [-0.4, -0.2) is 61.5 Å². The van der Waals surface area contributed by atoms with E-state index in [4.69, 9.17) is 5.73 Å². The van der Waals surface area contributed by atoms with Gasteiger partial charge in [-0.05, 0) is 28.1 Å². The first-order valence-electron chi connectivity index (χ1n) is 8.09. The van der Waals surface area contributed by atoms with E-state index in [1.54, 1.807) is 0 Å². The zero-order chi connectivity index (χ0) is 21.6. The second kappa shape index (κ2) is 7.60. The molecule has 1 aromatic carbocycles. The third-order valence-corrected chi connectivity index (χ3v) is 8.78. The van der Waals surface area contributed by atoms with Crippen molar-refractivity contribution in [1.82, 2.24) is 13.6 Å². The van der Waals surface area contributed by atoms with E-state index in [0.29, 0.717) is 4.47 Å². The van der Waals surface area contributed by atoms with E-state index < -0.39 is 41.6 Å². The van der Waals surface area contributed by atoms with Crippen LogP contribution in [0.3, 0.4) is 0 Å². The lowest BCUT2D eigenvalue weighted by atomic mass is 10.2. The van der Waals surface area contributed by atoms with Crippen LogP contribution in [0.4, 0.5) is 11.5 Å². The van der Waals surface area contributed by atoms with Gasteiger partial charge in [0.15, 0.2) is 4.90 Å². The van der Waals surface area contributed by atoms with E-state index in [2.05, 4.69) is 20.9 Å². The second-order valence-electron chi connectivity index (χ2n) is 6.26. The molecule has 0 radical (unpaired) electrons. The Morgan fingerprint density at radius 2 is 1.86 bits per heavy atom. The van der Waals surface area contributed by atoms with Gasteiger partial charge in [-0.1, -0.05) is 12.1 Å². The summed E-state index contributed by atoms with van der Waals surface area (Å²) in [7, 11) is -6.91. The molecule has 1 saturated heterocycles. The maximum Gasteiger partial charge on any atom is 0.289 e. The SMILES string of the molecule is CN(C1CN(S(=O)(=O)c2cc(Br)cnc2N)C1)S(=O)(=O)c1ccccc1[N+](=O)[O-]. The summed E-state index contributed by atoms with van der Waals surface area (Å²) in [5, 5.41) is 11.2. The minimum Gasteiger partial charge on any atom is -0.383 e. The number of halogens is 1. The number of nitrogens with zero attached hydrogens (tertiary/aromatic N) is 4. The van der Waals surface area contributed by atoms with Gasteiger partial charge in [0.2, 0.25) is 20.0 Å². The van der Waals surface area contributed by atoms with Crippen LogP contribution in [-0.2, 0) is 20.0 Å². The van der Waals surface area contributed by atoms with E-state index in [9.17, 15) is 26.9 Å². The maximum atomic E-state index is 12.8. The second-order valence-corrected chi connectivity index (χ2v) is 11.0. The summed E-state index contributed by atoms with van der Waals surface area (Å²) >= 11 is 3.14. The largest absolute Gasteiger partial charge is 0.383 e. The summed E-state index contributed by atoms with van der Waals surface area (Å²) in [6, 6.07) is 5.63. The number of nitrogens with two attached hydrogens (primary N) is 1. The van der Waals surface area contributed by atoms with Crippen molar-refractivity contribution in [2.75, 3.05) is 25.9 Å². The van der Waals surface area contributed by atoms with Crippen molar-refractivity contribution in [2.24, 2.45) is 0 Å². The average Bonchev–Trinajstić information content (AvgIpc) is 2.62. The highest BCUT2D eigenvalue weighted by atomic mass is 79.9. The Bertz CT molecular complexity index is 1180. The Kier molecular flexibility index (Phi) is 5.66. The molecule has 2 N–H and O–H groups in total. The molecule has 29 heavy (non-hydrogen) atoms. The van der Waals surface area contributed by atoms with Crippen molar-refractivity contribution in [3.05, 3.63) is 51.1 Å². The van der Waals surface area contributed by atoms with E-state index in [1.807, 2.05) is 0 Å². The van der Waals surface area contributed by atoms with Gasteiger partial charge in [-0.2, -0.15) is 8.61 Å². The highest BCUT2D eigenvalue weighted by molar-refractivity contribution is 9.10. The number of nitro groups is 1. The van der Waals surface area contributed by atoms with Crippen molar-refractivity contribution in [1.29, 1.82) is 0 Å². The summed E-state index contributed by atoms with van der Waals surface area (Å²) in [5.74, 6) is -0.169. The number of anilines is 1. The third-order valence-electron chi connectivity index (χ3n) is 4.53. The molecule has 0 unspecified atom stereocenters. The molecule has 2 heterocycles. The molecule has 2 aromatic rings. The first-order valence-corrected chi connectivity index (χ1v) is 11.8. The highest BCUT2D eigenvalue weighted by Crippen LogP contribution is 2.32. The summed E-state index contributed by atoms with van der Waals surface area (Å²) in [5.41, 5.74) is 5.12. The van der Waals surface area contributed by atoms with Crippen LogP contribution in [0.15, 0.2) is 50.8 Å². The lowest BCUT2D eigenvalue weighted by Gasteiger charge is -2.42. The van der Waals surface area contributed by atoms with Gasteiger partial charge in [-0.25, -0.2) is 21.8 Å². The molecule has 1 aromatic heterocycles. The molecule has 0 saturated carbocycles. The molecule has 14 heteroatoms. The lowest BCUT2D eigenvalue weighted by molar-refractivity contribution is -0.387. The molecule has 11 nitrogen and oxygen atoms in total. The number of benzene rings is 1. The molecule has 0 amide bonds. The Labute approximate surface area is 175 Å². The van der Waals surface area contributed by atoms with Crippen LogP contribution in [0.2, 0.25) is 0 Å². The van der Waals surface area contributed by atoms with Gasteiger partial charge in [0.1, 0.15) is 10.7 Å². The van der Waals surface area contributed by atoms with Crippen LogP contribution >= 0.6 is 15.9 Å². The van der Waals surface area contributed by atoms with Gasteiger partial charge < -0.3 is 5.73 Å². The van der Waals surface area contributed by atoms with Crippen LogP contribution < -0.4 is 5.73 Å². The maximum absolute atomic E-state index is 12.8. The molecule has 1 aliphatic rings. The number of para-hydroxylation sites is 1. The first-order chi connectivity index (χ1) is 13.5. The van der Waals surface area contributed by atoms with E-state index in [1.165, 1.54) is 31.4 Å². The highest BCUT2D eigenvalue weighted by Gasteiger charge is 2.44. The summed E-state index contributed by atoms with van der Waals surface area (Å²) < 4.78 is 53.6. The van der Waals surface area contributed by atoms with Gasteiger partial charge in [0.25, 0.3) is 5.69 Å². The number of hydrogen-bond acceptors (Lipinski definition) is 8. The van der Waals surface area contributed by atoms with Gasteiger partial charge in [0, 0.05) is 36.9 Å². The predicted molar refractivity (Wildman–Crippen MR) is 107 cm³/mol.